The summed E-state index contributed by atoms with van der Waals surface area (Å²) in [6.07, 6.45) is 3.84. The van der Waals surface area contributed by atoms with Crippen LogP contribution >= 0.6 is 0 Å². The third kappa shape index (κ3) is 3.33. The predicted octanol–water partition coefficient (Wildman–Crippen LogP) is 1.86. The number of pyridine rings is 1. The average Bonchev–Trinajstić information content (AvgIpc) is 2.93. The normalized spacial score (nSPS) is 17.0. The Morgan fingerprint density at radius 3 is 2.67 bits per heavy atom. The van der Waals surface area contributed by atoms with Gasteiger partial charge in [-0.15, -0.1) is 0 Å². The molecule has 0 aliphatic carbocycles. The highest BCUT2D eigenvalue weighted by Gasteiger charge is 2.36. The maximum Gasteiger partial charge on any atom is 0.222 e. The molecule has 1 amide bonds. The van der Waals surface area contributed by atoms with Crippen LogP contribution in [0.4, 0.5) is 0 Å². The highest BCUT2D eigenvalue weighted by molar-refractivity contribution is 5.76. The molecule has 1 aliphatic heterocycles. The number of carbonyl (C=O) groups excluding carboxylic acids is 1. The summed E-state index contributed by atoms with van der Waals surface area (Å²) in [5, 5.41) is 18.0. The van der Waals surface area contributed by atoms with E-state index in [1.54, 1.807) is 6.20 Å². The van der Waals surface area contributed by atoms with Gasteiger partial charge in [-0.3, -0.25) is 14.9 Å². The molecule has 0 aromatic carbocycles. The Morgan fingerprint density at radius 1 is 1.33 bits per heavy atom. The first-order valence-corrected chi connectivity index (χ1v) is 8.42. The minimum absolute atomic E-state index is 0.123. The number of aromatic nitrogens is 3. The van der Waals surface area contributed by atoms with Crippen LogP contribution in [0.25, 0.3) is 0 Å². The molecule has 1 saturated heterocycles. The Balaban J connectivity index is 1.54. The number of nitrogens with zero attached hydrogens (tertiary/aromatic N) is 3. The first kappa shape index (κ1) is 16.6. The van der Waals surface area contributed by atoms with E-state index < -0.39 is 5.60 Å². The van der Waals surface area contributed by atoms with Gasteiger partial charge in [0.2, 0.25) is 5.91 Å². The van der Waals surface area contributed by atoms with Gasteiger partial charge in [0, 0.05) is 37.8 Å². The standard InChI is InChI=1S/C18H24N4O2/c1-13-14(2)20-21-15(13)6-7-17(23)22-11-8-18(24,9-12-22)16-5-3-4-10-19-16/h3-5,10,24H,6-9,11-12H2,1-2H3,(H,20,21). The minimum Gasteiger partial charge on any atom is -0.383 e. The van der Waals surface area contributed by atoms with Crippen molar-refractivity contribution in [3.05, 3.63) is 47.0 Å². The second-order valence-corrected chi connectivity index (χ2v) is 6.55. The van der Waals surface area contributed by atoms with Crippen LogP contribution in [0.3, 0.4) is 0 Å². The van der Waals surface area contributed by atoms with E-state index in [1.165, 1.54) is 0 Å². The number of rotatable bonds is 4. The number of aromatic amines is 1. The van der Waals surface area contributed by atoms with Crippen LogP contribution < -0.4 is 0 Å². The summed E-state index contributed by atoms with van der Waals surface area (Å²) in [7, 11) is 0. The summed E-state index contributed by atoms with van der Waals surface area (Å²) >= 11 is 0. The number of aryl methyl sites for hydroxylation is 2. The molecular weight excluding hydrogens is 304 g/mol. The van der Waals surface area contributed by atoms with Crippen molar-refractivity contribution in [1.82, 2.24) is 20.1 Å². The van der Waals surface area contributed by atoms with Crippen molar-refractivity contribution in [2.24, 2.45) is 0 Å². The lowest BCUT2D eigenvalue weighted by Gasteiger charge is -2.37. The average molecular weight is 328 g/mol. The highest BCUT2D eigenvalue weighted by atomic mass is 16.3. The molecule has 2 N–H and O–H groups in total. The Morgan fingerprint density at radius 2 is 2.08 bits per heavy atom. The summed E-state index contributed by atoms with van der Waals surface area (Å²) in [5.74, 6) is 0.123. The number of carbonyl (C=O) groups is 1. The predicted molar refractivity (Wildman–Crippen MR) is 90.3 cm³/mol. The van der Waals surface area contributed by atoms with E-state index in [0.29, 0.717) is 44.5 Å². The van der Waals surface area contributed by atoms with Gasteiger partial charge in [-0.05, 0) is 44.4 Å². The van der Waals surface area contributed by atoms with Crippen LogP contribution in [0, 0.1) is 13.8 Å². The Labute approximate surface area is 141 Å². The monoisotopic (exact) mass is 328 g/mol. The number of aliphatic hydroxyl groups is 1. The summed E-state index contributed by atoms with van der Waals surface area (Å²) in [4.78, 5) is 18.5. The van der Waals surface area contributed by atoms with E-state index >= 15 is 0 Å². The Hall–Kier alpha value is -2.21. The van der Waals surface area contributed by atoms with Gasteiger partial charge in [0.05, 0.1) is 11.4 Å². The van der Waals surface area contributed by atoms with Crippen LogP contribution in [0.5, 0.6) is 0 Å². The van der Waals surface area contributed by atoms with Crippen molar-refractivity contribution >= 4 is 5.91 Å². The summed E-state index contributed by atoms with van der Waals surface area (Å²) in [6.45, 7) is 5.12. The van der Waals surface area contributed by atoms with Crippen molar-refractivity contribution in [2.45, 2.75) is 45.1 Å². The largest absolute Gasteiger partial charge is 0.383 e. The number of hydrogen-bond acceptors (Lipinski definition) is 4. The van der Waals surface area contributed by atoms with Crippen LogP contribution in [-0.2, 0) is 16.8 Å². The number of likely N-dealkylation sites (tertiary alicyclic amines) is 1. The summed E-state index contributed by atoms with van der Waals surface area (Å²) in [5.41, 5.74) is 2.91. The molecule has 2 aromatic heterocycles. The second kappa shape index (κ2) is 6.73. The molecule has 6 nitrogen and oxygen atoms in total. The van der Waals surface area contributed by atoms with E-state index in [4.69, 9.17) is 0 Å². The molecule has 128 valence electrons. The highest BCUT2D eigenvalue weighted by Crippen LogP contribution is 2.31. The number of amides is 1. The van der Waals surface area contributed by atoms with Crippen molar-refractivity contribution < 1.29 is 9.90 Å². The van der Waals surface area contributed by atoms with E-state index in [0.717, 1.165) is 17.0 Å². The Kier molecular flexibility index (Phi) is 4.66. The van der Waals surface area contributed by atoms with Gasteiger partial charge in [0.1, 0.15) is 5.60 Å². The molecular formula is C18H24N4O2. The topological polar surface area (TPSA) is 82.1 Å². The third-order valence-corrected chi connectivity index (χ3v) is 5.01. The molecule has 0 saturated carbocycles. The van der Waals surface area contributed by atoms with Crippen molar-refractivity contribution in [1.29, 1.82) is 0 Å². The fourth-order valence-electron chi connectivity index (χ4n) is 3.18. The molecule has 0 unspecified atom stereocenters. The summed E-state index contributed by atoms with van der Waals surface area (Å²) in [6, 6.07) is 5.57. The van der Waals surface area contributed by atoms with Crippen molar-refractivity contribution in [3.63, 3.8) is 0 Å². The smallest absolute Gasteiger partial charge is 0.222 e. The van der Waals surface area contributed by atoms with E-state index in [2.05, 4.69) is 15.2 Å². The van der Waals surface area contributed by atoms with Gasteiger partial charge in [-0.1, -0.05) is 6.07 Å². The van der Waals surface area contributed by atoms with Gasteiger partial charge in [-0.25, -0.2) is 0 Å². The van der Waals surface area contributed by atoms with Crippen LogP contribution in [-0.4, -0.2) is 44.2 Å². The molecule has 0 spiro atoms. The third-order valence-electron chi connectivity index (χ3n) is 5.01. The number of hydrogen-bond donors (Lipinski definition) is 2. The molecule has 3 rings (SSSR count). The van der Waals surface area contributed by atoms with Gasteiger partial charge in [-0.2, -0.15) is 5.10 Å². The maximum atomic E-state index is 12.4. The number of H-pyrrole nitrogens is 1. The maximum absolute atomic E-state index is 12.4. The molecule has 0 radical (unpaired) electrons. The fraction of sp³-hybridized carbons (Fsp3) is 0.500. The van der Waals surface area contributed by atoms with Crippen LogP contribution in [0.15, 0.2) is 24.4 Å². The first-order chi connectivity index (χ1) is 11.5. The molecule has 2 aromatic rings. The zero-order valence-electron chi connectivity index (χ0n) is 14.2. The van der Waals surface area contributed by atoms with E-state index in [9.17, 15) is 9.90 Å². The SMILES string of the molecule is Cc1[nH]nc(CCC(=O)N2CCC(O)(c3ccccn3)CC2)c1C. The molecule has 0 atom stereocenters. The van der Waals surface area contributed by atoms with Gasteiger partial charge in [0.25, 0.3) is 0 Å². The minimum atomic E-state index is -0.923. The number of piperidine rings is 1. The van der Waals surface area contributed by atoms with E-state index in [1.807, 2.05) is 36.9 Å². The lowest BCUT2D eigenvalue weighted by atomic mass is 9.87. The first-order valence-electron chi connectivity index (χ1n) is 8.42. The molecule has 3 heterocycles. The fourth-order valence-corrected chi connectivity index (χ4v) is 3.18. The molecule has 1 aliphatic rings. The molecule has 24 heavy (non-hydrogen) atoms. The lowest BCUT2D eigenvalue weighted by molar-refractivity contribution is -0.135. The zero-order chi connectivity index (χ0) is 17.2. The van der Waals surface area contributed by atoms with Crippen LogP contribution in [0.2, 0.25) is 0 Å². The summed E-state index contributed by atoms with van der Waals surface area (Å²) < 4.78 is 0. The van der Waals surface area contributed by atoms with Crippen LogP contribution in [0.1, 0.15) is 41.9 Å². The van der Waals surface area contributed by atoms with Crippen molar-refractivity contribution in [3.8, 4) is 0 Å². The molecule has 1 fully saturated rings. The zero-order valence-corrected chi connectivity index (χ0v) is 14.2. The quantitative estimate of drug-likeness (QED) is 0.897. The van der Waals surface area contributed by atoms with E-state index in [-0.39, 0.29) is 5.91 Å². The Bertz CT molecular complexity index is 703. The molecule has 0 bridgehead atoms. The molecule has 6 heteroatoms. The van der Waals surface area contributed by atoms with Gasteiger partial charge < -0.3 is 10.0 Å². The van der Waals surface area contributed by atoms with Gasteiger partial charge in [0.15, 0.2) is 0 Å². The van der Waals surface area contributed by atoms with Crippen molar-refractivity contribution in [2.75, 3.05) is 13.1 Å². The lowest BCUT2D eigenvalue weighted by Crippen LogP contribution is -2.45. The van der Waals surface area contributed by atoms with Gasteiger partial charge >= 0.3 is 0 Å². The second-order valence-electron chi connectivity index (χ2n) is 6.55. The number of nitrogens with one attached hydrogen (secondary N) is 1.